The second-order valence-electron chi connectivity index (χ2n) is 7.64. The molecule has 0 spiro atoms. The number of benzene rings is 2. The molecule has 168 valence electrons. The molecule has 2 amide bonds. The molecule has 6 heteroatoms. The lowest BCUT2D eigenvalue weighted by atomic mass is 10.1. The minimum atomic E-state index is -0.0447. The molecule has 0 radical (unpaired) electrons. The van der Waals surface area contributed by atoms with E-state index in [0.717, 1.165) is 54.7 Å². The fourth-order valence-corrected chi connectivity index (χ4v) is 3.41. The van der Waals surface area contributed by atoms with Crippen molar-refractivity contribution in [2.45, 2.75) is 46.0 Å². The van der Waals surface area contributed by atoms with E-state index in [-0.39, 0.29) is 11.8 Å². The van der Waals surface area contributed by atoms with E-state index in [1.54, 1.807) is 38.5 Å². The third kappa shape index (κ3) is 7.63. The number of carbonyl (C=O) groups excluding carboxylic acids is 2. The highest BCUT2D eigenvalue weighted by Crippen LogP contribution is 2.17. The number of amides is 2. The zero-order chi connectivity index (χ0) is 22.6. The molecule has 0 saturated heterocycles. The van der Waals surface area contributed by atoms with E-state index in [1.165, 1.54) is 0 Å². The van der Waals surface area contributed by atoms with Gasteiger partial charge in [0, 0.05) is 24.2 Å². The smallest absolute Gasteiger partial charge is 0.251 e. The SMILES string of the molecule is COc1ccc(C(=O)NCCCCCCCNC(=O)c2ccc(OC)cc2C)c(C)c1. The zero-order valence-electron chi connectivity index (χ0n) is 19.0. The summed E-state index contributed by atoms with van der Waals surface area (Å²) in [4.78, 5) is 24.6. The lowest BCUT2D eigenvalue weighted by molar-refractivity contribution is 0.0944. The van der Waals surface area contributed by atoms with E-state index in [2.05, 4.69) is 10.6 Å². The monoisotopic (exact) mass is 426 g/mol. The van der Waals surface area contributed by atoms with Crippen molar-refractivity contribution in [1.82, 2.24) is 10.6 Å². The molecule has 2 aromatic carbocycles. The van der Waals surface area contributed by atoms with Gasteiger partial charge in [0.2, 0.25) is 0 Å². The van der Waals surface area contributed by atoms with Crippen LogP contribution in [0.3, 0.4) is 0 Å². The molecule has 0 saturated carbocycles. The molecule has 31 heavy (non-hydrogen) atoms. The molecular formula is C25H34N2O4. The van der Waals surface area contributed by atoms with Crippen molar-refractivity contribution in [2.24, 2.45) is 0 Å². The second kappa shape index (κ2) is 12.6. The summed E-state index contributed by atoms with van der Waals surface area (Å²) >= 11 is 0. The summed E-state index contributed by atoms with van der Waals surface area (Å²) in [5.41, 5.74) is 3.18. The van der Waals surface area contributed by atoms with Crippen molar-refractivity contribution in [2.75, 3.05) is 27.3 Å². The molecule has 0 atom stereocenters. The average molecular weight is 427 g/mol. The fourth-order valence-electron chi connectivity index (χ4n) is 3.41. The largest absolute Gasteiger partial charge is 0.497 e. The van der Waals surface area contributed by atoms with E-state index in [9.17, 15) is 9.59 Å². The highest BCUT2D eigenvalue weighted by molar-refractivity contribution is 5.96. The van der Waals surface area contributed by atoms with Gasteiger partial charge in [-0.05, 0) is 74.2 Å². The molecule has 0 fully saturated rings. The molecule has 0 aliphatic heterocycles. The third-order valence-electron chi connectivity index (χ3n) is 5.28. The lowest BCUT2D eigenvalue weighted by Crippen LogP contribution is -2.25. The average Bonchev–Trinajstić information content (AvgIpc) is 2.77. The van der Waals surface area contributed by atoms with Crippen LogP contribution in [0.5, 0.6) is 11.5 Å². The van der Waals surface area contributed by atoms with Crippen LogP contribution in [0, 0.1) is 13.8 Å². The minimum Gasteiger partial charge on any atom is -0.497 e. The molecule has 2 N–H and O–H groups in total. The molecule has 0 aliphatic rings. The Kier molecular flexibility index (Phi) is 9.88. The fraction of sp³-hybridized carbons (Fsp3) is 0.440. The normalized spacial score (nSPS) is 10.5. The minimum absolute atomic E-state index is 0.0447. The van der Waals surface area contributed by atoms with E-state index < -0.39 is 0 Å². The van der Waals surface area contributed by atoms with Crippen molar-refractivity contribution in [1.29, 1.82) is 0 Å². The van der Waals surface area contributed by atoms with Crippen molar-refractivity contribution in [3.8, 4) is 11.5 Å². The molecule has 0 unspecified atom stereocenters. The van der Waals surface area contributed by atoms with E-state index in [0.29, 0.717) is 24.2 Å². The number of carbonyl (C=O) groups is 2. The Morgan fingerprint density at radius 2 is 1.06 bits per heavy atom. The zero-order valence-corrected chi connectivity index (χ0v) is 19.0. The van der Waals surface area contributed by atoms with Gasteiger partial charge in [0.1, 0.15) is 11.5 Å². The number of unbranched alkanes of at least 4 members (excludes halogenated alkanes) is 4. The van der Waals surface area contributed by atoms with Gasteiger partial charge in [0.05, 0.1) is 14.2 Å². The van der Waals surface area contributed by atoms with Crippen molar-refractivity contribution in [3.05, 3.63) is 58.7 Å². The first kappa shape index (κ1) is 24.3. The maximum atomic E-state index is 12.3. The van der Waals surface area contributed by atoms with Crippen LogP contribution >= 0.6 is 0 Å². The summed E-state index contributed by atoms with van der Waals surface area (Å²) in [6, 6.07) is 10.9. The van der Waals surface area contributed by atoms with Gasteiger partial charge in [-0.3, -0.25) is 9.59 Å². The Morgan fingerprint density at radius 3 is 1.42 bits per heavy atom. The highest BCUT2D eigenvalue weighted by Gasteiger charge is 2.10. The van der Waals surface area contributed by atoms with Crippen LogP contribution in [0.2, 0.25) is 0 Å². The standard InChI is InChI=1S/C25H34N2O4/c1-18-16-20(30-3)10-12-22(18)24(28)26-14-8-6-5-7-9-15-27-25(29)23-13-11-21(31-4)17-19(23)2/h10-13,16-17H,5-9,14-15H2,1-4H3,(H,26,28)(H,27,29). The number of aryl methyl sites for hydroxylation is 2. The van der Waals surface area contributed by atoms with E-state index in [1.807, 2.05) is 26.0 Å². The Morgan fingerprint density at radius 1 is 0.677 bits per heavy atom. The quantitative estimate of drug-likeness (QED) is 0.492. The topological polar surface area (TPSA) is 76.7 Å². The Labute approximate surface area is 185 Å². The van der Waals surface area contributed by atoms with E-state index >= 15 is 0 Å². The van der Waals surface area contributed by atoms with Gasteiger partial charge in [-0.2, -0.15) is 0 Å². The number of nitrogens with one attached hydrogen (secondary N) is 2. The first-order valence-electron chi connectivity index (χ1n) is 10.8. The molecule has 0 heterocycles. The number of methoxy groups -OCH3 is 2. The van der Waals surface area contributed by atoms with Gasteiger partial charge in [-0.1, -0.05) is 19.3 Å². The maximum Gasteiger partial charge on any atom is 0.251 e. The molecule has 0 bridgehead atoms. The van der Waals surface area contributed by atoms with Crippen molar-refractivity contribution >= 4 is 11.8 Å². The van der Waals surface area contributed by atoms with Crippen molar-refractivity contribution in [3.63, 3.8) is 0 Å². The first-order valence-corrected chi connectivity index (χ1v) is 10.8. The van der Waals surface area contributed by atoms with Crippen LogP contribution in [0.1, 0.15) is 63.9 Å². The van der Waals surface area contributed by atoms with Crippen LogP contribution < -0.4 is 20.1 Å². The molecular weight excluding hydrogens is 392 g/mol. The maximum absolute atomic E-state index is 12.3. The van der Waals surface area contributed by atoms with Gasteiger partial charge in [0.15, 0.2) is 0 Å². The number of rotatable bonds is 12. The van der Waals surface area contributed by atoms with Crippen molar-refractivity contribution < 1.29 is 19.1 Å². The van der Waals surface area contributed by atoms with Crippen LogP contribution in [0.4, 0.5) is 0 Å². The summed E-state index contributed by atoms with van der Waals surface area (Å²) in [6.45, 7) is 5.15. The van der Waals surface area contributed by atoms with Crippen LogP contribution in [0.15, 0.2) is 36.4 Å². The van der Waals surface area contributed by atoms with Gasteiger partial charge in [0.25, 0.3) is 11.8 Å². The molecule has 0 aliphatic carbocycles. The predicted molar refractivity (Wildman–Crippen MR) is 123 cm³/mol. The number of hydrogen-bond acceptors (Lipinski definition) is 4. The summed E-state index contributed by atoms with van der Waals surface area (Å²) < 4.78 is 10.3. The predicted octanol–water partition coefficient (Wildman–Crippen LogP) is 4.43. The Hall–Kier alpha value is -3.02. The summed E-state index contributed by atoms with van der Waals surface area (Å²) in [6.07, 6.45) is 5.06. The summed E-state index contributed by atoms with van der Waals surface area (Å²) in [7, 11) is 3.23. The van der Waals surface area contributed by atoms with Gasteiger partial charge in [-0.25, -0.2) is 0 Å². The van der Waals surface area contributed by atoms with Crippen LogP contribution in [-0.2, 0) is 0 Å². The number of hydrogen-bond donors (Lipinski definition) is 2. The Balaban J connectivity index is 1.56. The summed E-state index contributed by atoms with van der Waals surface area (Å²) in [5, 5.41) is 5.96. The molecule has 2 rings (SSSR count). The summed E-state index contributed by atoms with van der Waals surface area (Å²) in [5.74, 6) is 1.42. The molecule has 6 nitrogen and oxygen atoms in total. The van der Waals surface area contributed by atoms with Gasteiger partial charge in [-0.15, -0.1) is 0 Å². The van der Waals surface area contributed by atoms with Crippen LogP contribution in [-0.4, -0.2) is 39.1 Å². The highest BCUT2D eigenvalue weighted by atomic mass is 16.5. The van der Waals surface area contributed by atoms with Crippen LogP contribution in [0.25, 0.3) is 0 Å². The third-order valence-corrected chi connectivity index (χ3v) is 5.28. The number of ether oxygens (including phenoxy) is 2. The first-order chi connectivity index (χ1) is 15.0. The van der Waals surface area contributed by atoms with E-state index in [4.69, 9.17) is 9.47 Å². The molecule has 0 aromatic heterocycles. The Bertz CT molecular complexity index is 808. The van der Waals surface area contributed by atoms with Gasteiger partial charge < -0.3 is 20.1 Å². The lowest BCUT2D eigenvalue weighted by Gasteiger charge is -2.10. The van der Waals surface area contributed by atoms with Gasteiger partial charge >= 0.3 is 0 Å². The molecule has 2 aromatic rings. The second-order valence-corrected chi connectivity index (χ2v) is 7.64.